The van der Waals surface area contributed by atoms with Crippen LogP contribution in [0.4, 0.5) is 5.69 Å². The molecule has 1 heterocycles. The van der Waals surface area contributed by atoms with Crippen LogP contribution in [0.25, 0.3) is 0 Å². The second-order valence-electron chi connectivity index (χ2n) is 4.37. The number of methoxy groups -OCH3 is 1. The molecule has 0 amide bonds. The average molecular weight is 359 g/mol. The number of nitrogens with zero attached hydrogens (tertiary/aromatic N) is 2. The molecule has 0 atom stereocenters. The third kappa shape index (κ3) is 3.46. The van der Waals surface area contributed by atoms with Crippen LogP contribution in [0, 0.1) is 0 Å². The van der Waals surface area contributed by atoms with Crippen molar-refractivity contribution in [3.05, 3.63) is 39.6 Å². The quantitative estimate of drug-likeness (QED) is 0.835. The molecule has 0 aliphatic carbocycles. The van der Waals surface area contributed by atoms with E-state index < -0.39 is 0 Å². The summed E-state index contributed by atoms with van der Waals surface area (Å²) in [7, 11) is 1.64. The number of benzene rings is 1. The van der Waals surface area contributed by atoms with Gasteiger partial charge in [0.05, 0.1) is 29.5 Å². The Morgan fingerprint density at radius 3 is 2.95 bits per heavy atom. The van der Waals surface area contributed by atoms with Crippen molar-refractivity contribution in [1.29, 1.82) is 0 Å². The van der Waals surface area contributed by atoms with Crippen molar-refractivity contribution in [3.8, 4) is 5.75 Å². The second-order valence-corrected chi connectivity index (χ2v) is 5.66. The van der Waals surface area contributed by atoms with E-state index in [4.69, 9.17) is 16.3 Å². The molecule has 6 heteroatoms. The third-order valence-corrected chi connectivity index (χ3v) is 3.72. The maximum atomic E-state index is 6.08. The van der Waals surface area contributed by atoms with Gasteiger partial charge in [-0.05, 0) is 40.5 Å². The molecular formula is C14H17BrClN3O. The van der Waals surface area contributed by atoms with Crippen LogP contribution in [0.3, 0.4) is 0 Å². The average Bonchev–Trinajstić information content (AvgIpc) is 2.84. The van der Waals surface area contributed by atoms with Gasteiger partial charge in [0.1, 0.15) is 0 Å². The fraction of sp³-hybridized carbons (Fsp3) is 0.357. The molecule has 0 saturated heterocycles. The smallest absolute Gasteiger partial charge is 0.156 e. The monoisotopic (exact) mass is 357 g/mol. The molecule has 0 aliphatic heterocycles. The second kappa shape index (κ2) is 6.99. The van der Waals surface area contributed by atoms with Crippen molar-refractivity contribution in [1.82, 2.24) is 9.78 Å². The summed E-state index contributed by atoms with van der Waals surface area (Å²) in [6.45, 7) is 3.72. The van der Waals surface area contributed by atoms with Gasteiger partial charge in [0.25, 0.3) is 0 Å². The molecule has 20 heavy (non-hydrogen) atoms. The normalized spacial score (nSPS) is 10.6. The maximum absolute atomic E-state index is 6.08. The van der Waals surface area contributed by atoms with Crippen molar-refractivity contribution < 1.29 is 4.74 Å². The summed E-state index contributed by atoms with van der Waals surface area (Å²) in [4.78, 5) is 0. The lowest BCUT2D eigenvalue weighted by molar-refractivity contribution is 0.413. The molecule has 2 aromatic rings. The number of hydrogen-bond acceptors (Lipinski definition) is 3. The molecule has 1 aromatic heterocycles. The van der Waals surface area contributed by atoms with E-state index in [9.17, 15) is 0 Å². The Hall–Kier alpha value is -1.20. The largest absolute Gasteiger partial charge is 0.493 e. The lowest BCUT2D eigenvalue weighted by Crippen LogP contribution is -2.09. The van der Waals surface area contributed by atoms with E-state index in [0.717, 1.165) is 34.6 Å². The van der Waals surface area contributed by atoms with Gasteiger partial charge in [0.2, 0.25) is 0 Å². The summed E-state index contributed by atoms with van der Waals surface area (Å²) in [6, 6.07) is 5.67. The van der Waals surface area contributed by atoms with Crippen LogP contribution < -0.4 is 10.1 Å². The van der Waals surface area contributed by atoms with Gasteiger partial charge < -0.3 is 10.1 Å². The Morgan fingerprint density at radius 1 is 1.45 bits per heavy atom. The molecule has 0 radical (unpaired) electrons. The molecule has 1 aromatic carbocycles. The number of ether oxygens (including phenoxy) is 1. The predicted molar refractivity (Wildman–Crippen MR) is 85.5 cm³/mol. The van der Waals surface area contributed by atoms with Crippen molar-refractivity contribution in [3.63, 3.8) is 0 Å². The van der Waals surface area contributed by atoms with Gasteiger partial charge in [-0.2, -0.15) is 5.10 Å². The van der Waals surface area contributed by atoms with E-state index in [1.165, 1.54) is 0 Å². The fourth-order valence-electron chi connectivity index (χ4n) is 2.01. The Morgan fingerprint density at radius 2 is 2.25 bits per heavy atom. The summed E-state index contributed by atoms with van der Waals surface area (Å²) in [6.07, 6.45) is 2.87. The number of hydrogen-bond donors (Lipinski definition) is 1. The van der Waals surface area contributed by atoms with E-state index in [-0.39, 0.29) is 0 Å². The zero-order valence-electron chi connectivity index (χ0n) is 11.5. The van der Waals surface area contributed by atoms with Crippen LogP contribution in [-0.2, 0) is 13.1 Å². The maximum Gasteiger partial charge on any atom is 0.156 e. The lowest BCUT2D eigenvalue weighted by atomic mass is 10.2. The number of nitrogens with one attached hydrogen (secondary N) is 1. The first-order valence-corrected chi connectivity index (χ1v) is 7.60. The molecule has 0 aliphatic rings. The van der Waals surface area contributed by atoms with Crippen LogP contribution in [0.15, 0.2) is 28.9 Å². The third-order valence-electron chi connectivity index (χ3n) is 2.91. The van der Waals surface area contributed by atoms with Crippen LogP contribution in [0.2, 0.25) is 5.02 Å². The van der Waals surface area contributed by atoms with E-state index in [0.29, 0.717) is 11.6 Å². The number of anilines is 1. The summed E-state index contributed by atoms with van der Waals surface area (Å²) >= 11 is 9.53. The van der Waals surface area contributed by atoms with E-state index >= 15 is 0 Å². The van der Waals surface area contributed by atoms with Gasteiger partial charge in [0.15, 0.2) is 5.75 Å². The van der Waals surface area contributed by atoms with Gasteiger partial charge in [-0.3, -0.25) is 4.68 Å². The first kappa shape index (κ1) is 15.2. The zero-order chi connectivity index (χ0) is 14.5. The standard InChI is InChI=1S/C14H17BrClN3O/c1-3-6-19-11(4-5-18-19)9-17-13-8-10(16)7-12(15)14(13)20-2/h4-5,7-8,17H,3,6,9H2,1-2H3. The Kier molecular flexibility index (Phi) is 5.31. The van der Waals surface area contributed by atoms with Crippen molar-refractivity contribution in [2.75, 3.05) is 12.4 Å². The van der Waals surface area contributed by atoms with Crippen LogP contribution in [-0.4, -0.2) is 16.9 Å². The molecule has 0 bridgehead atoms. The van der Waals surface area contributed by atoms with Gasteiger partial charge in [-0.15, -0.1) is 0 Å². The summed E-state index contributed by atoms with van der Waals surface area (Å²) in [5, 5.41) is 8.31. The first-order chi connectivity index (χ1) is 9.65. The van der Waals surface area contributed by atoms with Crippen molar-refractivity contribution >= 4 is 33.2 Å². The van der Waals surface area contributed by atoms with Crippen LogP contribution >= 0.6 is 27.5 Å². The van der Waals surface area contributed by atoms with E-state index in [1.807, 2.05) is 29.1 Å². The van der Waals surface area contributed by atoms with Crippen molar-refractivity contribution in [2.24, 2.45) is 0 Å². The highest BCUT2D eigenvalue weighted by molar-refractivity contribution is 9.10. The molecule has 2 rings (SSSR count). The molecule has 0 fully saturated rings. The molecule has 0 spiro atoms. The number of rotatable bonds is 6. The summed E-state index contributed by atoms with van der Waals surface area (Å²) < 4.78 is 8.22. The molecule has 0 unspecified atom stereocenters. The van der Waals surface area contributed by atoms with Gasteiger partial charge >= 0.3 is 0 Å². The van der Waals surface area contributed by atoms with Crippen LogP contribution in [0.1, 0.15) is 19.0 Å². The predicted octanol–water partition coefficient (Wildman–Crippen LogP) is 4.33. The first-order valence-electron chi connectivity index (χ1n) is 6.43. The molecule has 4 nitrogen and oxygen atoms in total. The minimum atomic E-state index is 0.655. The van der Waals surface area contributed by atoms with E-state index in [2.05, 4.69) is 33.3 Å². The molecule has 0 saturated carbocycles. The van der Waals surface area contributed by atoms with Crippen molar-refractivity contribution in [2.45, 2.75) is 26.4 Å². The number of aromatic nitrogens is 2. The topological polar surface area (TPSA) is 39.1 Å². The van der Waals surface area contributed by atoms with Crippen LogP contribution in [0.5, 0.6) is 5.75 Å². The summed E-state index contributed by atoms with van der Waals surface area (Å²) in [5.41, 5.74) is 1.99. The highest BCUT2D eigenvalue weighted by Gasteiger charge is 2.10. The molecular weight excluding hydrogens is 342 g/mol. The fourth-order valence-corrected chi connectivity index (χ4v) is 2.98. The minimum Gasteiger partial charge on any atom is -0.493 e. The Bertz CT molecular complexity index is 586. The highest BCUT2D eigenvalue weighted by Crippen LogP contribution is 2.36. The SMILES string of the molecule is CCCn1nccc1CNc1cc(Cl)cc(Br)c1OC. The highest BCUT2D eigenvalue weighted by atomic mass is 79.9. The van der Waals surface area contributed by atoms with Gasteiger partial charge in [-0.1, -0.05) is 18.5 Å². The van der Waals surface area contributed by atoms with E-state index in [1.54, 1.807) is 7.11 Å². The number of aryl methyl sites for hydroxylation is 1. The summed E-state index contributed by atoms with van der Waals surface area (Å²) in [5.74, 6) is 0.746. The molecule has 108 valence electrons. The van der Waals surface area contributed by atoms with Gasteiger partial charge in [-0.25, -0.2) is 0 Å². The lowest BCUT2D eigenvalue weighted by Gasteiger charge is -2.14. The van der Waals surface area contributed by atoms with Gasteiger partial charge in [0, 0.05) is 17.8 Å². The molecule has 1 N–H and O–H groups in total. The zero-order valence-corrected chi connectivity index (χ0v) is 13.8. The Balaban J connectivity index is 2.16. The minimum absolute atomic E-state index is 0.655. The number of halogens is 2. The Labute approximate surface area is 132 Å².